The fourth-order valence-electron chi connectivity index (χ4n) is 14.4. The van der Waals surface area contributed by atoms with Crippen molar-refractivity contribution in [3.63, 3.8) is 0 Å². The maximum atomic E-state index is 15.2. The second-order valence-corrected chi connectivity index (χ2v) is 32.0. The third-order valence-electron chi connectivity index (χ3n) is 21.0. The van der Waals surface area contributed by atoms with Gasteiger partial charge in [-0.05, 0) is 125 Å². The minimum absolute atomic E-state index is 0.00518. The number of thioether (sulfide) groups is 1. The summed E-state index contributed by atoms with van der Waals surface area (Å²) >= 11 is 1.36. The van der Waals surface area contributed by atoms with Gasteiger partial charge in [0.2, 0.25) is 53.2 Å². The van der Waals surface area contributed by atoms with Gasteiger partial charge in [0, 0.05) is 97.8 Å². The number of unbranched alkanes of at least 4 members (excludes halogenated alkanes) is 4. The van der Waals surface area contributed by atoms with Crippen molar-refractivity contribution < 1.29 is 95.0 Å². The van der Waals surface area contributed by atoms with Crippen LogP contribution in [0.3, 0.4) is 0 Å². The van der Waals surface area contributed by atoms with Crippen molar-refractivity contribution in [2.75, 3.05) is 79.7 Å². The lowest BCUT2D eigenvalue weighted by Gasteiger charge is -2.41. The number of halogens is 2. The number of likely N-dealkylation sites (N-methyl/N-ethyl adjacent to an activating group) is 3. The predicted octanol–water partition coefficient (Wildman–Crippen LogP) is 6.12. The molecule has 0 bridgehead atoms. The van der Waals surface area contributed by atoms with Gasteiger partial charge in [0.15, 0.2) is 0 Å². The number of nitrogens with zero attached hydrogens (tertiary/aromatic N) is 6. The lowest BCUT2D eigenvalue weighted by Crippen LogP contribution is -2.59. The molecule has 31 nitrogen and oxygen atoms in total. The molecule has 2 aromatic rings. The summed E-state index contributed by atoms with van der Waals surface area (Å²) in [5, 5.41) is 16.6. The molecule has 630 valence electrons. The summed E-state index contributed by atoms with van der Waals surface area (Å²) in [7, 11) is 9.58. The van der Waals surface area contributed by atoms with Crippen molar-refractivity contribution in [1.29, 1.82) is 0 Å². The van der Waals surface area contributed by atoms with Crippen LogP contribution in [0.4, 0.5) is 24.1 Å². The number of likely N-dealkylation sites (tertiary alicyclic amines) is 2. The molecule has 113 heavy (non-hydrogen) atoms. The molecule has 0 saturated carbocycles. The van der Waals surface area contributed by atoms with Gasteiger partial charge in [-0.15, -0.1) is 16.8 Å². The van der Waals surface area contributed by atoms with E-state index in [4.69, 9.17) is 24.8 Å². The smallest absolute Gasteiger partial charge is 0.410 e. The number of urea groups is 1. The predicted molar refractivity (Wildman–Crippen MR) is 418 cm³/mol. The Kier molecular flexibility index (Phi) is 38.9. The van der Waals surface area contributed by atoms with Crippen molar-refractivity contribution in [3.05, 3.63) is 65.2 Å². The number of carbonyl (C=O) groups excluding carboxylic acids is 14. The van der Waals surface area contributed by atoms with E-state index in [9.17, 15) is 71.1 Å². The van der Waals surface area contributed by atoms with E-state index in [-0.39, 0.29) is 144 Å². The highest BCUT2D eigenvalue weighted by Crippen LogP contribution is 2.33. The zero-order valence-electron chi connectivity index (χ0n) is 68.2. The van der Waals surface area contributed by atoms with E-state index in [1.807, 2.05) is 41.5 Å². The first-order valence-corrected chi connectivity index (χ1v) is 40.3. The fraction of sp³-hybridized carbons (Fsp3) is 0.671. The first-order valence-electron chi connectivity index (χ1n) is 39.2. The van der Waals surface area contributed by atoms with Gasteiger partial charge in [-0.3, -0.25) is 62.5 Å². The Bertz CT molecular complexity index is 3550. The maximum absolute atomic E-state index is 15.2. The van der Waals surface area contributed by atoms with Crippen LogP contribution in [0.25, 0.3) is 0 Å². The molecule has 3 fully saturated rings. The Morgan fingerprint density at radius 3 is 1.92 bits per heavy atom. The minimum atomic E-state index is -1.17. The summed E-state index contributed by atoms with van der Waals surface area (Å²) in [5.74, 6) is -8.69. The quantitative estimate of drug-likeness (QED) is 0.0290. The molecule has 0 radical (unpaired) electrons. The standard InChI is InChI=1S/C79H121F2N13O18S/c1-16-49(8)70(91(13)77(106)68(47(4)5)88-75(104)69(48(6)7)89(10)11)59(109-14)42-64(98)93-44-53(41-58(93)71(110-15)50(9)72(101)83-38-36-54-55(80)25-23-26-56(54)81)90(12)79(108)111-45-51-30-32-52(33-31-51)85-73(102)57(27-24-37-84-78(82)107)86-74(103)67(46(2)3)87-61(95)28-19-17-21-39-92-65(99)43-60(76(92)105)113-40-22-18-20-29-66(100)112-94-62(96)34-35-63(94)97/h23,25-26,30-33,46-50,53,57-60,67-71H,16-22,24,27-29,34-45H2,1-15H3,(H,83,101)(H,85,102)(H,86,103)(H,87,95)(H,88,104)(H3,82,84,107)/t49-,50+,53-,57-,58-,59+,60?,67-,68-,69-,70-,71+/m0/s1. The number of rotatable bonds is 47. The maximum Gasteiger partial charge on any atom is 0.410 e. The van der Waals surface area contributed by atoms with Gasteiger partial charge in [-0.25, -0.2) is 23.2 Å². The van der Waals surface area contributed by atoms with Crippen LogP contribution in [0.15, 0.2) is 42.5 Å². The molecule has 3 aliphatic heterocycles. The van der Waals surface area contributed by atoms with Crippen molar-refractivity contribution in [2.45, 2.75) is 238 Å². The van der Waals surface area contributed by atoms with E-state index in [0.717, 1.165) is 12.1 Å². The number of amides is 14. The van der Waals surface area contributed by atoms with Gasteiger partial charge in [-0.2, -0.15) is 0 Å². The lowest BCUT2D eigenvalue weighted by molar-refractivity contribution is -0.197. The number of hydrogen-bond acceptors (Lipinski definition) is 20. The third-order valence-corrected chi connectivity index (χ3v) is 22.3. The molecule has 3 heterocycles. The van der Waals surface area contributed by atoms with Gasteiger partial charge in [0.25, 0.3) is 11.8 Å². The number of nitrogens with two attached hydrogens (primary N) is 1. The highest BCUT2D eigenvalue weighted by Gasteiger charge is 2.48. The largest absolute Gasteiger partial charge is 0.445 e. The Balaban J connectivity index is 1.20. The normalized spacial score (nSPS) is 18.1. The van der Waals surface area contributed by atoms with Gasteiger partial charge >= 0.3 is 18.1 Å². The molecule has 1 unspecified atom stereocenters. The van der Waals surface area contributed by atoms with Crippen molar-refractivity contribution in [1.82, 2.24) is 56.1 Å². The Morgan fingerprint density at radius 2 is 1.33 bits per heavy atom. The van der Waals surface area contributed by atoms with Gasteiger partial charge in [0.05, 0.1) is 54.0 Å². The van der Waals surface area contributed by atoms with E-state index in [2.05, 4.69) is 31.9 Å². The number of carbonyl (C=O) groups is 14. The molecule has 3 aliphatic rings. The number of hydrogen-bond donors (Lipinski definition) is 7. The summed E-state index contributed by atoms with van der Waals surface area (Å²) in [5.41, 5.74) is 5.90. The molecule has 5 rings (SSSR count). The van der Waals surface area contributed by atoms with Crippen molar-refractivity contribution in [2.24, 2.45) is 35.3 Å². The fourth-order valence-corrected chi connectivity index (χ4v) is 15.6. The topological polar surface area (TPSA) is 394 Å². The van der Waals surface area contributed by atoms with Crippen LogP contribution in [0.2, 0.25) is 0 Å². The van der Waals surface area contributed by atoms with E-state index in [1.54, 1.807) is 80.9 Å². The van der Waals surface area contributed by atoms with E-state index in [0.29, 0.717) is 67.0 Å². The first-order chi connectivity index (χ1) is 53.5. The van der Waals surface area contributed by atoms with Gasteiger partial charge in [-0.1, -0.05) is 99.8 Å². The third kappa shape index (κ3) is 28.3. The van der Waals surface area contributed by atoms with E-state index in [1.165, 1.54) is 48.9 Å². The Morgan fingerprint density at radius 1 is 0.690 bits per heavy atom. The molecule has 0 spiro atoms. The lowest BCUT2D eigenvalue weighted by atomic mass is 9.89. The average molecular weight is 1610 g/mol. The van der Waals surface area contributed by atoms with Gasteiger partial charge < -0.3 is 71.4 Å². The van der Waals surface area contributed by atoms with Crippen LogP contribution in [-0.2, 0) is 89.6 Å². The highest BCUT2D eigenvalue weighted by atomic mass is 32.2. The molecular formula is C79H121F2N13O18S. The van der Waals surface area contributed by atoms with Crippen LogP contribution in [-0.4, -0.2) is 247 Å². The number of anilines is 1. The number of benzene rings is 2. The Hall–Kier alpha value is -8.89. The minimum Gasteiger partial charge on any atom is -0.445 e. The molecule has 14 amide bonds. The zero-order chi connectivity index (χ0) is 84.1. The zero-order valence-corrected chi connectivity index (χ0v) is 69.1. The SMILES string of the molecule is CC[C@H](C)[C@@H]([C@@H](CC(=O)N1C[C@@H](N(C)C(=O)OCc2ccc(NC(=O)[C@H](CCCNC(N)=O)NC(=O)[C@@H](NC(=O)CCCCCN3C(=O)CC(SCCCCCC(=O)ON4C(=O)CCC4=O)C3=O)C(C)C)cc2)C[C@H]1[C@H](OC)[C@@H](C)C(=O)NCCc1c(F)cccc1F)OC)N(C)C(=O)[C@@H](NC(=O)[C@H](C(C)C)N(C)C)C(C)C. The Labute approximate surface area is 666 Å². The number of ether oxygens (including phenoxy) is 3. The number of hydroxylamine groups is 2. The summed E-state index contributed by atoms with van der Waals surface area (Å²) in [4.78, 5) is 199. The molecule has 0 aliphatic carbocycles. The molecule has 0 aromatic heterocycles. The number of primary amides is 1. The summed E-state index contributed by atoms with van der Waals surface area (Å²) in [6, 6.07) is 3.08. The number of nitrogens with one attached hydrogen (secondary N) is 6. The van der Waals surface area contributed by atoms with Crippen molar-refractivity contribution >= 4 is 101 Å². The van der Waals surface area contributed by atoms with Crippen LogP contribution in [0.1, 0.15) is 176 Å². The van der Waals surface area contributed by atoms with Crippen LogP contribution in [0, 0.1) is 41.2 Å². The second kappa shape index (κ2) is 46.5. The number of methoxy groups -OCH3 is 2. The molecule has 12 atom stereocenters. The van der Waals surface area contributed by atoms with E-state index < -0.39 is 143 Å². The van der Waals surface area contributed by atoms with Crippen molar-refractivity contribution in [3.8, 4) is 0 Å². The second-order valence-electron chi connectivity index (χ2n) is 30.7. The van der Waals surface area contributed by atoms with Crippen LogP contribution >= 0.6 is 11.8 Å². The molecule has 8 N–H and O–H groups in total. The number of imide groups is 2. The highest BCUT2D eigenvalue weighted by molar-refractivity contribution is 8.00. The summed E-state index contributed by atoms with van der Waals surface area (Å²) in [6.07, 6.45) is 0.974. The van der Waals surface area contributed by atoms with Crippen LogP contribution in [0.5, 0.6) is 0 Å². The summed E-state index contributed by atoms with van der Waals surface area (Å²) in [6.45, 7) is 16.3. The monoisotopic (exact) mass is 1610 g/mol. The molecule has 3 saturated heterocycles. The van der Waals surface area contributed by atoms with Gasteiger partial charge in [0.1, 0.15) is 36.4 Å². The van der Waals surface area contributed by atoms with Crippen LogP contribution < -0.4 is 37.6 Å². The summed E-state index contributed by atoms with van der Waals surface area (Å²) < 4.78 is 47.3. The molecule has 2 aromatic carbocycles. The molecule has 34 heteroatoms. The van der Waals surface area contributed by atoms with E-state index >= 15 is 4.79 Å². The first kappa shape index (κ1) is 94.7. The molecular weight excluding hydrogens is 1490 g/mol. The average Bonchev–Trinajstić information content (AvgIpc) is 1.67.